The predicted octanol–water partition coefficient (Wildman–Crippen LogP) is 5.46. The van der Waals surface area contributed by atoms with Crippen LogP contribution in [-0.2, 0) is 7.05 Å². The molecule has 0 saturated carbocycles. The minimum Gasteiger partial charge on any atom is -0.492 e. The molecule has 2 heterocycles. The molecular weight excluding hydrogens is 441 g/mol. The van der Waals surface area contributed by atoms with Crippen molar-refractivity contribution >= 4 is 22.4 Å². The maximum Gasteiger partial charge on any atom is 0.153 e. The van der Waals surface area contributed by atoms with Gasteiger partial charge in [0.1, 0.15) is 41.5 Å². The van der Waals surface area contributed by atoms with Gasteiger partial charge in [0.2, 0.25) is 0 Å². The third-order valence-corrected chi connectivity index (χ3v) is 6.50. The molecule has 3 aromatic carbocycles. The van der Waals surface area contributed by atoms with Crippen molar-refractivity contribution in [2.45, 2.75) is 19.0 Å². The lowest BCUT2D eigenvalue weighted by atomic mass is 10.1. The first kappa shape index (κ1) is 22.1. The largest absolute Gasteiger partial charge is 0.492 e. The summed E-state index contributed by atoms with van der Waals surface area (Å²) < 4.78 is 49.1. The van der Waals surface area contributed by atoms with Gasteiger partial charge in [-0.3, -0.25) is 0 Å². The van der Waals surface area contributed by atoms with Crippen LogP contribution in [-0.4, -0.2) is 35.9 Å². The van der Waals surface area contributed by atoms with Crippen LogP contribution >= 0.6 is 0 Å². The molecule has 0 N–H and O–H groups in total. The van der Waals surface area contributed by atoms with Gasteiger partial charge in [0, 0.05) is 20.2 Å². The number of halogens is 3. The Hall–Kier alpha value is -3.68. The van der Waals surface area contributed by atoms with Crippen LogP contribution in [0.15, 0.2) is 60.7 Å². The normalized spacial score (nSPS) is 16.2. The van der Waals surface area contributed by atoms with Crippen molar-refractivity contribution in [3.05, 3.63) is 83.9 Å². The van der Waals surface area contributed by atoms with Crippen molar-refractivity contribution in [3.8, 4) is 5.75 Å². The number of fused-ring (bicyclic) bond motifs is 2. The molecule has 2 unspecified atom stereocenters. The van der Waals surface area contributed by atoms with Gasteiger partial charge < -0.3 is 19.1 Å². The average molecular weight is 467 g/mol. The maximum atomic E-state index is 14.4. The van der Waals surface area contributed by atoms with Crippen molar-refractivity contribution < 1.29 is 17.9 Å². The van der Waals surface area contributed by atoms with Crippen molar-refractivity contribution in [2.24, 2.45) is 7.05 Å². The first-order valence-electron chi connectivity index (χ1n) is 11.1. The standard InChI is InChI=1S/C26H25F3N4O/c1-16(25-30-24-20(29)14-18(28)15-23(24)31(25)2)26-32(3)21-6-4-5-7-22(21)33(26)12-13-34-19-10-8-17(27)9-11-19/h4-11,14-16,26H,12-13H2,1-3H3. The Morgan fingerprint density at radius 1 is 0.941 bits per heavy atom. The number of aryl methyl sites for hydroxylation is 1. The van der Waals surface area contributed by atoms with E-state index in [1.54, 1.807) is 23.7 Å². The zero-order valence-corrected chi connectivity index (χ0v) is 19.2. The third-order valence-electron chi connectivity index (χ3n) is 6.50. The Morgan fingerprint density at radius 2 is 1.65 bits per heavy atom. The average Bonchev–Trinajstić information content (AvgIpc) is 3.30. The van der Waals surface area contributed by atoms with Gasteiger partial charge in [-0.2, -0.15) is 0 Å². The minimum atomic E-state index is -0.670. The Bertz CT molecular complexity index is 1340. The summed E-state index contributed by atoms with van der Waals surface area (Å²) >= 11 is 0. The Kier molecular flexibility index (Phi) is 5.59. The molecule has 8 heteroatoms. The van der Waals surface area contributed by atoms with E-state index in [0.717, 1.165) is 17.4 Å². The molecule has 2 atom stereocenters. The van der Waals surface area contributed by atoms with Crippen LogP contribution in [0.4, 0.5) is 24.5 Å². The highest BCUT2D eigenvalue weighted by Crippen LogP contribution is 2.43. The number of aromatic nitrogens is 2. The van der Waals surface area contributed by atoms with E-state index in [2.05, 4.69) is 26.9 Å². The molecule has 1 aliphatic heterocycles. The number of nitrogens with zero attached hydrogens (tertiary/aromatic N) is 4. The number of hydrogen-bond acceptors (Lipinski definition) is 4. The lowest BCUT2D eigenvalue weighted by Gasteiger charge is -2.35. The lowest BCUT2D eigenvalue weighted by Crippen LogP contribution is -2.47. The zero-order valence-electron chi connectivity index (χ0n) is 19.2. The van der Waals surface area contributed by atoms with Crippen LogP contribution in [0.5, 0.6) is 5.75 Å². The minimum absolute atomic E-state index is 0.127. The molecule has 0 aliphatic carbocycles. The molecule has 1 aromatic heterocycles. The quantitative estimate of drug-likeness (QED) is 0.378. The monoisotopic (exact) mass is 466 g/mol. The van der Waals surface area contributed by atoms with Crippen molar-refractivity contribution in [2.75, 3.05) is 30.0 Å². The van der Waals surface area contributed by atoms with E-state index in [1.165, 1.54) is 18.2 Å². The summed E-state index contributed by atoms with van der Waals surface area (Å²) in [4.78, 5) is 8.98. The van der Waals surface area contributed by atoms with Gasteiger partial charge in [-0.25, -0.2) is 18.2 Å². The Morgan fingerprint density at radius 3 is 2.38 bits per heavy atom. The second kappa shape index (κ2) is 8.59. The van der Waals surface area contributed by atoms with Crippen molar-refractivity contribution in [3.63, 3.8) is 0 Å². The molecule has 5 rings (SSSR count). The van der Waals surface area contributed by atoms with Crippen LogP contribution in [0, 0.1) is 17.5 Å². The fourth-order valence-corrected chi connectivity index (χ4v) is 4.92. The number of hydrogen-bond donors (Lipinski definition) is 0. The maximum absolute atomic E-state index is 14.4. The number of imidazole rings is 1. The van der Waals surface area contributed by atoms with E-state index in [4.69, 9.17) is 4.74 Å². The van der Waals surface area contributed by atoms with E-state index in [1.807, 2.05) is 26.1 Å². The SMILES string of the molecule is CC(c1nc2c(F)cc(F)cc2n1C)C1N(C)c2ccccc2N1CCOc1ccc(F)cc1. The van der Waals surface area contributed by atoms with Crippen LogP contribution in [0.25, 0.3) is 11.0 Å². The molecule has 4 aromatic rings. The summed E-state index contributed by atoms with van der Waals surface area (Å²) in [5.74, 6) is -0.500. The van der Waals surface area contributed by atoms with Crippen LogP contribution in [0.2, 0.25) is 0 Å². The highest BCUT2D eigenvalue weighted by atomic mass is 19.1. The summed E-state index contributed by atoms with van der Waals surface area (Å²) in [7, 11) is 3.80. The molecule has 1 aliphatic rings. The van der Waals surface area contributed by atoms with Crippen LogP contribution in [0.3, 0.4) is 0 Å². The third kappa shape index (κ3) is 3.73. The molecule has 0 radical (unpaired) electrons. The van der Waals surface area contributed by atoms with Crippen LogP contribution < -0.4 is 14.5 Å². The molecule has 5 nitrogen and oxygen atoms in total. The first-order valence-corrected chi connectivity index (χ1v) is 11.1. The Labute approximate surface area is 196 Å². The van der Waals surface area contributed by atoms with E-state index in [0.29, 0.717) is 30.2 Å². The second-order valence-corrected chi connectivity index (χ2v) is 8.58. The summed E-state index contributed by atoms with van der Waals surface area (Å²) in [6, 6.07) is 16.2. The van der Waals surface area contributed by atoms with Crippen LogP contribution in [0.1, 0.15) is 18.7 Å². The number of ether oxygens (including phenoxy) is 1. The van der Waals surface area contributed by atoms with Crippen molar-refractivity contribution in [1.29, 1.82) is 0 Å². The highest BCUT2D eigenvalue weighted by molar-refractivity contribution is 5.79. The smallest absolute Gasteiger partial charge is 0.153 e. The van der Waals surface area contributed by atoms with E-state index in [9.17, 15) is 13.2 Å². The molecule has 0 fully saturated rings. The van der Waals surface area contributed by atoms with Gasteiger partial charge >= 0.3 is 0 Å². The Balaban J connectivity index is 1.46. The van der Waals surface area contributed by atoms with Gasteiger partial charge in [0.05, 0.1) is 29.4 Å². The molecule has 0 bridgehead atoms. The van der Waals surface area contributed by atoms with Crippen molar-refractivity contribution in [1.82, 2.24) is 9.55 Å². The fraction of sp³-hybridized carbons (Fsp3) is 0.269. The van der Waals surface area contributed by atoms with E-state index >= 15 is 0 Å². The fourth-order valence-electron chi connectivity index (χ4n) is 4.92. The zero-order chi connectivity index (χ0) is 24.0. The number of likely N-dealkylation sites (N-methyl/N-ethyl adjacent to an activating group) is 1. The number of rotatable bonds is 6. The highest BCUT2D eigenvalue weighted by Gasteiger charge is 2.39. The predicted molar refractivity (Wildman–Crippen MR) is 127 cm³/mol. The molecule has 0 spiro atoms. The number of anilines is 2. The first-order chi connectivity index (χ1) is 16.3. The van der Waals surface area contributed by atoms with Gasteiger partial charge in [0.25, 0.3) is 0 Å². The number of para-hydroxylation sites is 2. The summed E-state index contributed by atoms with van der Waals surface area (Å²) in [6.07, 6.45) is -0.127. The lowest BCUT2D eigenvalue weighted by molar-refractivity contribution is 0.316. The number of benzene rings is 3. The molecule has 176 valence electrons. The van der Waals surface area contributed by atoms with Gasteiger partial charge in [0.15, 0.2) is 5.82 Å². The topological polar surface area (TPSA) is 33.5 Å². The van der Waals surface area contributed by atoms with Gasteiger partial charge in [-0.15, -0.1) is 0 Å². The van der Waals surface area contributed by atoms with Gasteiger partial charge in [-0.05, 0) is 42.5 Å². The molecule has 0 saturated heterocycles. The molecule has 0 amide bonds. The van der Waals surface area contributed by atoms with E-state index in [-0.39, 0.29) is 23.4 Å². The summed E-state index contributed by atoms with van der Waals surface area (Å²) in [5.41, 5.74) is 2.71. The van der Waals surface area contributed by atoms with E-state index < -0.39 is 11.6 Å². The molecular formula is C26H25F3N4O. The molecule has 34 heavy (non-hydrogen) atoms. The second-order valence-electron chi connectivity index (χ2n) is 8.58. The summed E-state index contributed by atoms with van der Waals surface area (Å²) in [5, 5.41) is 0. The van der Waals surface area contributed by atoms with Gasteiger partial charge in [-0.1, -0.05) is 19.1 Å². The summed E-state index contributed by atoms with van der Waals surface area (Å²) in [6.45, 7) is 3.00.